The van der Waals surface area contributed by atoms with Gasteiger partial charge in [-0.15, -0.1) is 0 Å². The van der Waals surface area contributed by atoms with Gasteiger partial charge in [-0.2, -0.15) is 0 Å². The van der Waals surface area contributed by atoms with Crippen LogP contribution < -0.4 is 5.32 Å². The molecule has 0 atom stereocenters. The topological polar surface area (TPSA) is 12.0 Å². The molecule has 17 heavy (non-hydrogen) atoms. The van der Waals surface area contributed by atoms with Crippen LogP contribution >= 0.6 is 11.6 Å². The van der Waals surface area contributed by atoms with Gasteiger partial charge in [0, 0.05) is 6.54 Å². The number of hydrogen-bond donors (Lipinski definition) is 1. The lowest BCUT2D eigenvalue weighted by molar-refractivity contribution is 1.14. The molecule has 0 aliphatic rings. The standard InChI is InChI=1S/C15H16ClN/c1-11-6-8-13(9-7-11)10-17-15-12(2)4-3-5-14(15)16/h3-9,17H,10H2,1-2H3. The minimum Gasteiger partial charge on any atom is -0.380 e. The number of nitrogens with one attached hydrogen (secondary N) is 1. The molecule has 0 aromatic heterocycles. The Hall–Kier alpha value is -1.47. The number of aryl methyl sites for hydroxylation is 2. The number of halogens is 1. The molecule has 88 valence electrons. The van der Waals surface area contributed by atoms with E-state index in [0.29, 0.717) is 0 Å². The Morgan fingerprint density at radius 3 is 2.35 bits per heavy atom. The molecule has 0 heterocycles. The molecule has 2 aromatic carbocycles. The molecule has 0 radical (unpaired) electrons. The predicted octanol–water partition coefficient (Wildman–Crippen LogP) is 4.57. The third kappa shape index (κ3) is 3.01. The SMILES string of the molecule is Cc1ccc(CNc2c(C)cccc2Cl)cc1. The smallest absolute Gasteiger partial charge is 0.0640 e. The van der Waals surface area contributed by atoms with Gasteiger partial charge in [-0.1, -0.05) is 53.6 Å². The predicted molar refractivity (Wildman–Crippen MR) is 74.7 cm³/mol. The van der Waals surface area contributed by atoms with Gasteiger partial charge in [0.25, 0.3) is 0 Å². The molecule has 2 rings (SSSR count). The van der Waals surface area contributed by atoms with E-state index in [1.807, 2.05) is 12.1 Å². The summed E-state index contributed by atoms with van der Waals surface area (Å²) in [6.45, 7) is 4.95. The van der Waals surface area contributed by atoms with Crippen LogP contribution in [0.5, 0.6) is 0 Å². The fourth-order valence-corrected chi connectivity index (χ4v) is 2.04. The Morgan fingerprint density at radius 1 is 1.00 bits per heavy atom. The first-order valence-corrected chi connectivity index (χ1v) is 6.09. The Kier molecular flexibility index (Phi) is 3.70. The van der Waals surface area contributed by atoms with Crippen LogP contribution in [0, 0.1) is 13.8 Å². The van der Waals surface area contributed by atoms with E-state index in [2.05, 4.69) is 49.5 Å². The summed E-state index contributed by atoms with van der Waals surface area (Å²) in [7, 11) is 0. The van der Waals surface area contributed by atoms with E-state index in [1.54, 1.807) is 0 Å². The van der Waals surface area contributed by atoms with E-state index in [4.69, 9.17) is 11.6 Å². The average molecular weight is 246 g/mol. The fourth-order valence-electron chi connectivity index (χ4n) is 1.75. The second-order valence-electron chi connectivity index (χ2n) is 4.27. The van der Waals surface area contributed by atoms with E-state index in [0.717, 1.165) is 17.3 Å². The Bertz CT molecular complexity index is 483. The van der Waals surface area contributed by atoms with Crippen molar-refractivity contribution in [2.75, 3.05) is 5.32 Å². The first-order chi connectivity index (χ1) is 8.16. The molecule has 1 nitrogen and oxygen atoms in total. The lowest BCUT2D eigenvalue weighted by atomic mass is 10.1. The van der Waals surface area contributed by atoms with Crippen molar-refractivity contribution < 1.29 is 0 Å². The summed E-state index contributed by atoms with van der Waals surface area (Å²) in [5.74, 6) is 0. The lowest BCUT2D eigenvalue weighted by Crippen LogP contribution is -2.01. The maximum absolute atomic E-state index is 6.16. The summed E-state index contributed by atoms with van der Waals surface area (Å²) in [6.07, 6.45) is 0. The Labute approximate surface area is 107 Å². The van der Waals surface area contributed by atoms with Crippen LogP contribution in [0.1, 0.15) is 16.7 Å². The molecule has 0 aliphatic carbocycles. The van der Waals surface area contributed by atoms with Gasteiger partial charge in [-0.05, 0) is 31.0 Å². The van der Waals surface area contributed by atoms with Crippen molar-refractivity contribution in [1.82, 2.24) is 0 Å². The molecule has 0 saturated heterocycles. The molecule has 1 N–H and O–H groups in total. The van der Waals surface area contributed by atoms with Gasteiger partial charge in [0.1, 0.15) is 0 Å². The zero-order valence-corrected chi connectivity index (χ0v) is 10.9. The van der Waals surface area contributed by atoms with Crippen LogP contribution in [0.25, 0.3) is 0 Å². The number of benzene rings is 2. The van der Waals surface area contributed by atoms with Crippen LogP contribution in [0.3, 0.4) is 0 Å². The Morgan fingerprint density at radius 2 is 1.71 bits per heavy atom. The summed E-state index contributed by atoms with van der Waals surface area (Å²) in [5.41, 5.74) is 4.73. The zero-order chi connectivity index (χ0) is 12.3. The molecule has 2 aromatic rings. The van der Waals surface area contributed by atoms with Crippen LogP contribution in [0.15, 0.2) is 42.5 Å². The number of hydrogen-bond acceptors (Lipinski definition) is 1. The van der Waals surface area contributed by atoms with Gasteiger partial charge in [0.2, 0.25) is 0 Å². The summed E-state index contributed by atoms with van der Waals surface area (Å²) >= 11 is 6.16. The molecule has 0 fully saturated rings. The minimum atomic E-state index is 0.775. The quantitative estimate of drug-likeness (QED) is 0.835. The summed E-state index contributed by atoms with van der Waals surface area (Å²) in [4.78, 5) is 0. The maximum Gasteiger partial charge on any atom is 0.0640 e. The lowest BCUT2D eigenvalue weighted by Gasteiger charge is -2.11. The van der Waals surface area contributed by atoms with E-state index >= 15 is 0 Å². The summed E-state index contributed by atoms with van der Waals surface area (Å²) in [5, 5.41) is 4.16. The van der Waals surface area contributed by atoms with E-state index in [1.165, 1.54) is 16.7 Å². The number of para-hydroxylation sites is 1. The van der Waals surface area contributed by atoms with Gasteiger partial charge < -0.3 is 5.32 Å². The highest BCUT2D eigenvalue weighted by molar-refractivity contribution is 6.33. The Balaban J connectivity index is 2.10. The number of anilines is 1. The molecule has 0 unspecified atom stereocenters. The highest BCUT2D eigenvalue weighted by Gasteiger charge is 2.02. The van der Waals surface area contributed by atoms with Gasteiger partial charge in [-0.3, -0.25) is 0 Å². The van der Waals surface area contributed by atoms with Crippen LogP contribution in [0.2, 0.25) is 5.02 Å². The van der Waals surface area contributed by atoms with Crippen molar-refractivity contribution in [3.8, 4) is 0 Å². The molecule has 0 amide bonds. The summed E-state index contributed by atoms with van der Waals surface area (Å²) in [6, 6.07) is 14.4. The molecule has 0 saturated carbocycles. The van der Waals surface area contributed by atoms with Crippen LogP contribution in [0.4, 0.5) is 5.69 Å². The summed E-state index contributed by atoms with van der Waals surface area (Å²) < 4.78 is 0. The van der Waals surface area contributed by atoms with Crippen LogP contribution in [-0.2, 0) is 6.54 Å². The van der Waals surface area contributed by atoms with Crippen LogP contribution in [-0.4, -0.2) is 0 Å². The van der Waals surface area contributed by atoms with Gasteiger partial charge in [0.15, 0.2) is 0 Å². The van der Waals surface area contributed by atoms with E-state index < -0.39 is 0 Å². The third-order valence-corrected chi connectivity index (χ3v) is 3.13. The molecular formula is C15H16ClN. The minimum absolute atomic E-state index is 0.775. The maximum atomic E-state index is 6.16. The average Bonchev–Trinajstić information content (AvgIpc) is 2.31. The van der Waals surface area contributed by atoms with Crippen molar-refractivity contribution in [3.63, 3.8) is 0 Å². The number of rotatable bonds is 3. The van der Waals surface area contributed by atoms with Gasteiger partial charge in [0.05, 0.1) is 10.7 Å². The van der Waals surface area contributed by atoms with Gasteiger partial charge >= 0.3 is 0 Å². The molecule has 0 bridgehead atoms. The normalized spacial score (nSPS) is 10.3. The van der Waals surface area contributed by atoms with E-state index in [-0.39, 0.29) is 0 Å². The van der Waals surface area contributed by atoms with Crippen molar-refractivity contribution >= 4 is 17.3 Å². The monoisotopic (exact) mass is 245 g/mol. The second kappa shape index (κ2) is 5.24. The molecule has 0 spiro atoms. The fraction of sp³-hybridized carbons (Fsp3) is 0.200. The first-order valence-electron chi connectivity index (χ1n) is 5.71. The zero-order valence-electron chi connectivity index (χ0n) is 10.1. The van der Waals surface area contributed by atoms with E-state index in [9.17, 15) is 0 Å². The second-order valence-corrected chi connectivity index (χ2v) is 4.68. The van der Waals surface area contributed by atoms with Crippen molar-refractivity contribution in [1.29, 1.82) is 0 Å². The highest BCUT2D eigenvalue weighted by atomic mass is 35.5. The first kappa shape index (κ1) is 12.0. The molecule has 2 heteroatoms. The molecule has 0 aliphatic heterocycles. The van der Waals surface area contributed by atoms with Gasteiger partial charge in [-0.25, -0.2) is 0 Å². The molecular weight excluding hydrogens is 230 g/mol. The van der Waals surface area contributed by atoms with Crippen molar-refractivity contribution in [2.24, 2.45) is 0 Å². The highest BCUT2D eigenvalue weighted by Crippen LogP contribution is 2.25. The van der Waals surface area contributed by atoms with Crippen molar-refractivity contribution in [2.45, 2.75) is 20.4 Å². The third-order valence-electron chi connectivity index (χ3n) is 2.81. The largest absolute Gasteiger partial charge is 0.380 e. The van der Waals surface area contributed by atoms with Crippen molar-refractivity contribution in [3.05, 3.63) is 64.2 Å².